The van der Waals surface area contributed by atoms with Gasteiger partial charge >= 0.3 is 0 Å². The molecule has 1 fully saturated rings. The first-order valence-corrected chi connectivity index (χ1v) is 9.00. The van der Waals surface area contributed by atoms with Crippen LogP contribution in [0.1, 0.15) is 25.3 Å². The molecule has 0 radical (unpaired) electrons. The summed E-state index contributed by atoms with van der Waals surface area (Å²) in [4.78, 5) is 18.8. The normalized spacial score (nSPS) is 13.9. The third kappa shape index (κ3) is 4.41. The van der Waals surface area contributed by atoms with Crippen LogP contribution in [0.4, 0.5) is 0 Å². The fourth-order valence-corrected chi connectivity index (χ4v) is 3.01. The molecule has 3 rings (SSSR count). The molecule has 5 nitrogen and oxygen atoms in total. The quantitative estimate of drug-likeness (QED) is 0.672. The summed E-state index contributed by atoms with van der Waals surface area (Å²) >= 11 is 6.37. The Hall–Kier alpha value is -1.85. The van der Waals surface area contributed by atoms with E-state index in [2.05, 4.69) is 4.98 Å². The first kappa shape index (κ1) is 18.0. The summed E-state index contributed by atoms with van der Waals surface area (Å²) in [6.07, 6.45) is 1.95. The smallest absolute Gasteiger partial charge is 0.226 e. The van der Waals surface area contributed by atoms with Crippen molar-refractivity contribution in [1.82, 2.24) is 9.88 Å². The fourth-order valence-electron chi connectivity index (χ4n) is 2.80. The third-order valence-corrected chi connectivity index (χ3v) is 4.62. The summed E-state index contributed by atoms with van der Waals surface area (Å²) in [7, 11) is 1.64. The van der Waals surface area contributed by atoms with Crippen molar-refractivity contribution in [2.45, 2.75) is 26.3 Å². The van der Waals surface area contributed by atoms with Gasteiger partial charge in [-0.25, -0.2) is 4.98 Å². The van der Waals surface area contributed by atoms with Gasteiger partial charge in [0.1, 0.15) is 10.9 Å². The second-order valence-corrected chi connectivity index (χ2v) is 6.61. The molecule has 1 amide bonds. The largest absolute Gasteiger partial charge is 0.494 e. The zero-order valence-electron chi connectivity index (χ0n) is 14.6. The third-order valence-electron chi connectivity index (χ3n) is 4.29. The van der Waals surface area contributed by atoms with Gasteiger partial charge < -0.3 is 14.4 Å². The van der Waals surface area contributed by atoms with Crippen LogP contribution in [0.5, 0.6) is 5.75 Å². The zero-order valence-corrected chi connectivity index (χ0v) is 15.4. The average molecular weight is 363 g/mol. The maximum absolute atomic E-state index is 12.5. The van der Waals surface area contributed by atoms with Crippen molar-refractivity contribution in [3.8, 4) is 5.75 Å². The lowest BCUT2D eigenvalue weighted by Crippen LogP contribution is -2.34. The Balaban J connectivity index is 1.86. The van der Waals surface area contributed by atoms with E-state index in [9.17, 15) is 4.79 Å². The van der Waals surface area contributed by atoms with Crippen LogP contribution in [0.2, 0.25) is 5.15 Å². The molecule has 6 heteroatoms. The molecule has 0 N–H and O–H groups in total. The van der Waals surface area contributed by atoms with Gasteiger partial charge in [0.25, 0.3) is 0 Å². The van der Waals surface area contributed by atoms with Crippen molar-refractivity contribution in [3.05, 3.63) is 35.0 Å². The van der Waals surface area contributed by atoms with Crippen molar-refractivity contribution >= 4 is 28.4 Å². The molecule has 1 aromatic carbocycles. The molecule has 0 unspecified atom stereocenters. The number of carbonyl (C=O) groups is 1. The molecule has 1 aliphatic rings. The molecule has 0 saturated heterocycles. The highest BCUT2D eigenvalue weighted by molar-refractivity contribution is 6.30. The van der Waals surface area contributed by atoms with Gasteiger partial charge in [0.2, 0.25) is 5.91 Å². The van der Waals surface area contributed by atoms with Crippen molar-refractivity contribution in [2.24, 2.45) is 5.92 Å². The van der Waals surface area contributed by atoms with Crippen molar-refractivity contribution in [1.29, 1.82) is 0 Å². The van der Waals surface area contributed by atoms with Gasteiger partial charge in [-0.2, -0.15) is 0 Å². The molecule has 0 spiro atoms. The number of fused-ring (bicyclic) bond motifs is 1. The van der Waals surface area contributed by atoms with Crippen LogP contribution in [0.3, 0.4) is 0 Å². The first-order valence-electron chi connectivity index (χ1n) is 8.62. The number of carbonyl (C=O) groups excluding carboxylic acids is 1. The Kier molecular flexibility index (Phi) is 5.76. The summed E-state index contributed by atoms with van der Waals surface area (Å²) in [5, 5.41) is 1.39. The average Bonchev–Trinajstić information content (AvgIpc) is 3.44. The number of hydrogen-bond donors (Lipinski definition) is 0. The molecule has 1 heterocycles. The van der Waals surface area contributed by atoms with Crippen LogP contribution in [0, 0.1) is 5.92 Å². The van der Waals surface area contributed by atoms with Gasteiger partial charge in [0, 0.05) is 37.1 Å². The second kappa shape index (κ2) is 8.02. The van der Waals surface area contributed by atoms with Crippen LogP contribution >= 0.6 is 11.6 Å². The van der Waals surface area contributed by atoms with E-state index in [0.717, 1.165) is 35.1 Å². The number of methoxy groups -OCH3 is 1. The molecule has 0 aliphatic heterocycles. The van der Waals surface area contributed by atoms with Crippen LogP contribution in [0.15, 0.2) is 24.3 Å². The van der Waals surface area contributed by atoms with Gasteiger partial charge in [-0.3, -0.25) is 4.79 Å². The van der Waals surface area contributed by atoms with Crippen LogP contribution < -0.4 is 4.74 Å². The molecule has 25 heavy (non-hydrogen) atoms. The SMILES string of the molecule is CCOc1ccc2nc(Cl)c(CN(CCOC)C(=O)C3CC3)cc2c1. The van der Waals surface area contributed by atoms with E-state index >= 15 is 0 Å². The van der Waals surface area contributed by atoms with E-state index in [1.165, 1.54) is 0 Å². The van der Waals surface area contributed by atoms with E-state index in [1.807, 2.05) is 36.1 Å². The standard InChI is InChI=1S/C19H23ClN2O3/c1-3-25-16-6-7-17-14(11-16)10-15(18(20)21-17)12-22(8-9-24-2)19(23)13-4-5-13/h6-7,10-11,13H,3-5,8-9,12H2,1-2H3. The summed E-state index contributed by atoms with van der Waals surface area (Å²) in [5.74, 6) is 1.14. The number of benzene rings is 1. The van der Waals surface area contributed by atoms with E-state index in [4.69, 9.17) is 21.1 Å². The monoisotopic (exact) mass is 362 g/mol. The summed E-state index contributed by atoms with van der Waals surface area (Å²) < 4.78 is 10.7. The van der Waals surface area contributed by atoms with Crippen LogP contribution in [0.25, 0.3) is 10.9 Å². The molecule has 1 saturated carbocycles. The van der Waals surface area contributed by atoms with Gasteiger partial charge in [-0.15, -0.1) is 0 Å². The Morgan fingerprint density at radius 3 is 2.84 bits per heavy atom. The minimum absolute atomic E-state index is 0.161. The topological polar surface area (TPSA) is 51.7 Å². The van der Waals surface area contributed by atoms with Crippen molar-refractivity contribution in [3.63, 3.8) is 0 Å². The minimum Gasteiger partial charge on any atom is -0.494 e. The Morgan fingerprint density at radius 1 is 1.36 bits per heavy atom. The van der Waals surface area contributed by atoms with Gasteiger partial charge in [-0.05, 0) is 44.0 Å². The maximum atomic E-state index is 12.5. The second-order valence-electron chi connectivity index (χ2n) is 6.25. The van der Waals surface area contributed by atoms with E-state index < -0.39 is 0 Å². The lowest BCUT2D eigenvalue weighted by molar-refractivity contribution is -0.133. The molecule has 1 aromatic heterocycles. The number of rotatable bonds is 8. The number of ether oxygens (including phenoxy) is 2. The van der Waals surface area contributed by atoms with Gasteiger partial charge in [-0.1, -0.05) is 11.6 Å². The number of aromatic nitrogens is 1. The summed E-state index contributed by atoms with van der Waals surface area (Å²) in [6.45, 7) is 4.07. The maximum Gasteiger partial charge on any atom is 0.226 e. The Labute approximate surface area is 152 Å². The molecule has 0 bridgehead atoms. The predicted octanol–water partition coefficient (Wildman–Crippen LogP) is 3.67. The van der Waals surface area contributed by atoms with Crippen molar-refractivity contribution < 1.29 is 14.3 Å². The number of nitrogens with zero attached hydrogens (tertiary/aromatic N) is 2. The van der Waals surface area contributed by atoms with Crippen molar-refractivity contribution in [2.75, 3.05) is 26.9 Å². The Bertz CT molecular complexity index is 762. The highest BCUT2D eigenvalue weighted by Crippen LogP contribution is 2.32. The highest BCUT2D eigenvalue weighted by atomic mass is 35.5. The Morgan fingerprint density at radius 2 is 2.16 bits per heavy atom. The number of hydrogen-bond acceptors (Lipinski definition) is 4. The zero-order chi connectivity index (χ0) is 17.8. The molecule has 0 atom stereocenters. The van der Waals surface area contributed by atoms with Gasteiger partial charge in [0.05, 0.1) is 18.7 Å². The highest BCUT2D eigenvalue weighted by Gasteiger charge is 2.33. The van der Waals surface area contributed by atoms with E-state index in [0.29, 0.717) is 31.5 Å². The molecule has 1 aliphatic carbocycles. The van der Waals surface area contributed by atoms with Crippen LogP contribution in [-0.2, 0) is 16.1 Å². The molecule has 2 aromatic rings. The lowest BCUT2D eigenvalue weighted by Gasteiger charge is -2.23. The first-order chi connectivity index (χ1) is 12.1. The predicted molar refractivity (Wildman–Crippen MR) is 97.9 cm³/mol. The molecular weight excluding hydrogens is 340 g/mol. The minimum atomic E-state index is 0.161. The number of pyridine rings is 1. The van der Waals surface area contributed by atoms with E-state index in [-0.39, 0.29) is 11.8 Å². The van der Waals surface area contributed by atoms with Gasteiger partial charge in [0.15, 0.2) is 0 Å². The molecule has 134 valence electrons. The molecular formula is C19H23ClN2O3. The number of amides is 1. The number of halogens is 1. The lowest BCUT2D eigenvalue weighted by atomic mass is 10.1. The van der Waals surface area contributed by atoms with E-state index in [1.54, 1.807) is 7.11 Å². The summed E-state index contributed by atoms with van der Waals surface area (Å²) in [6, 6.07) is 7.73. The summed E-state index contributed by atoms with van der Waals surface area (Å²) in [5.41, 5.74) is 1.65. The fraction of sp³-hybridized carbons (Fsp3) is 0.474. The van der Waals surface area contributed by atoms with Crippen LogP contribution in [-0.4, -0.2) is 42.7 Å².